The first-order chi connectivity index (χ1) is 12.5. The first-order valence-electron chi connectivity index (χ1n) is 8.53. The zero-order valence-electron chi connectivity index (χ0n) is 15.7. The Kier molecular flexibility index (Phi) is 7.59. The molecule has 144 valence electrons. The normalized spacial score (nSPS) is 10.7. The maximum atomic E-state index is 12.8. The summed E-state index contributed by atoms with van der Waals surface area (Å²) < 4.78 is 6.74. The Labute approximate surface area is 170 Å². The van der Waals surface area contributed by atoms with E-state index in [0.29, 0.717) is 12.3 Å². The summed E-state index contributed by atoms with van der Waals surface area (Å²) in [6, 6.07) is 15.5. The second kappa shape index (κ2) is 9.69. The Morgan fingerprint density at radius 1 is 1.07 bits per heavy atom. The number of fused-ring (bicyclic) bond motifs is 1. The van der Waals surface area contributed by atoms with E-state index in [1.807, 2.05) is 69.6 Å². The highest BCUT2D eigenvalue weighted by molar-refractivity contribution is 7.22. The highest BCUT2D eigenvalue weighted by atomic mass is 35.5. The van der Waals surface area contributed by atoms with Crippen LogP contribution in [0.2, 0.25) is 0 Å². The third-order valence-corrected chi connectivity index (χ3v) is 5.06. The molecule has 5 nitrogen and oxygen atoms in total. The number of amides is 1. The van der Waals surface area contributed by atoms with Gasteiger partial charge in [-0.3, -0.25) is 9.69 Å². The molecule has 1 amide bonds. The van der Waals surface area contributed by atoms with Gasteiger partial charge in [-0.15, -0.1) is 12.4 Å². The Bertz CT molecular complexity index is 883. The molecule has 0 bridgehead atoms. The number of ether oxygens (including phenoxy) is 1. The molecule has 0 spiro atoms. The molecule has 0 saturated carbocycles. The number of benzene rings is 2. The van der Waals surface area contributed by atoms with Crippen LogP contribution in [0, 0.1) is 6.92 Å². The fraction of sp³-hybridized carbons (Fsp3) is 0.300. The molecule has 0 saturated heterocycles. The van der Waals surface area contributed by atoms with Crippen LogP contribution in [0.5, 0.6) is 5.75 Å². The van der Waals surface area contributed by atoms with Crippen LogP contribution in [0.15, 0.2) is 48.5 Å². The van der Waals surface area contributed by atoms with Crippen LogP contribution in [0.1, 0.15) is 5.56 Å². The lowest BCUT2D eigenvalue weighted by Gasteiger charge is -2.22. The van der Waals surface area contributed by atoms with Gasteiger partial charge in [-0.05, 0) is 44.8 Å². The van der Waals surface area contributed by atoms with Crippen LogP contribution < -0.4 is 9.64 Å². The number of para-hydroxylation sites is 2. The number of carbonyl (C=O) groups is 1. The topological polar surface area (TPSA) is 45.7 Å². The molecule has 0 aliphatic carbocycles. The number of carbonyl (C=O) groups excluding carboxylic acids is 1. The maximum absolute atomic E-state index is 12.8. The molecule has 1 heterocycles. The van der Waals surface area contributed by atoms with Crippen molar-refractivity contribution in [1.82, 2.24) is 9.88 Å². The second-order valence-electron chi connectivity index (χ2n) is 6.37. The number of aromatic nitrogens is 1. The molecule has 0 atom stereocenters. The first kappa shape index (κ1) is 21.2. The monoisotopic (exact) mass is 405 g/mol. The number of likely N-dealkylation sites (N-methyl/N-ethyl adjacent to an activating group) is 1. The van der Waals surface area contributed by atoms with Gasteiger partial charge in [-0.2, -0.15) is 0 Å². The van der Waals surface area contributed by atoms with Crippen molar-refractivity contribution >= 4 is 45.0 Å². The van der Waals surface area contributed by atoms with E-state index in [1.165, 1.54) is 0 Å². The summed E-state index contributed by atoms with van der Waals surface area (Å²) in [5.41, 5.74) is 2.07. The Morgan fingerprint density at radius 3 is 2.48 bits per heavy atom. The third-order valence-electron chi connectivity index (χ3n) is 4.02. The van der Waals surface area contributed by atoms with E-state index in [0.717, 1.165) is 27.5 Å². The largest absolute Gasteiger partial charge is 0.484 e. The molecule has 0 fully saturated rings. The SMILES string of the molecule is Cc1cccc2sc(N(CCN(C)C)C(=O)COc3ccccc3)nc12.Cl. The van der Waals surface area contributed by atoms with E-state index in [9.17, 15) is 4.79 Å². The summed E-state index contributed by atoms with van der Waals surface area (Å²) >= 11 is 1.54. The lowest BCUT2D eigenvalue weighted by Crippen LogP contribution is -2.39. The van der Waals surface area contributed by atoms with Crippen LogP contribution in [-0.2, 0) is 4.79 Å². The van der Waals surface area contributed by atoms with E-state index in [2.05, 4.69) is 4.90 Å². The van der Waals surface area contributed by atoms with E-state index >= 15 is 0 Å². The van der Waals surface area contributed by atoms with Gasteiger partial charge in [-0.25, -0.2) is 4.98 Å². The van der Waals surface area contributed by atoms with Gasteiger partial charge in [0.05, 0.1) is 10.2 Å². The van der Waals surface area contributed by atoms with Crippen molar-refractivity contribution in [2.45, 2.75) is 6.92 Å². The summed E-state index contributed by atoms with van der Waals surface area (Å²) in [7, 11) is 3.98. The lowest BCUT2D eigenvalue weighted by atomic mass is 10.2. The Hall–Kier alpha value is -2.15. The molecular weight excluding hydrogens is 382 g/mol. The number of rotatable bonds is 7. The summed E-state index contributed by atoms with van der Waals surface area (Å²) in [5, 5.41) is 0.720. The van der Waals surface area contributed by atoms with Crippen molar-refractivity contribution < 1.29 is 9.53 Å². The van der Waals surface area contributed by atoms with Crippen molar-refractivity contribution in [3.05, 3.63) is 54.1 Å². The molecule has 2 aromatic carbocycles. The molecule has 7 heteroatoms. The van der Waals surface area contributed by atoms with Crippen molar-refractivity contribution in [2.24, 2.45) is 0 Å². The minimum atomic E-state index is -0.0904. The van der Waals surface area contributed by atoms with Crippen molar-refractivity contribution in [3.63, 3.8) is 0 Å². The van der Waals surface area contributed by atoms with Gasteiger partial charge < -0.3 is 9.64 Å². The van der Waals surface area contributed by atoms with Crippen LogP contribution in [0.3, 0.4) is 0 Å². The molecule has 0 aliphatic heterocycles. The van der Waals surface area contributed by atoms with Gasteiger partial charge in [-0.1, -0.05) is 41.7 Å². The molecule has 1 aromatic heterocycles. The lowest BCUT2D eigenvalue weighted by molar-refractivity contribution is -0.120. The van der Waals surface area contributed by atoms with Crippen molar-refractivity contribution in [3.8, 4) is 5.75 Å². The smallest absolute Gasteiger partial charge is 0.266 e. The van der Waals surface area contributed by atoms with Gasteiger partial charge in [0.2, 0.25) is 0 Å². The maximum Gasteiger partial charge on any atom is 0.266 e. The molecule has 0 unspecified atom stereocenters. The second-order valence-corrected chi connectivity index (χ2v) is 7.38. The highest BCUT2D eigenvalue weighted by Crippen LogP contribution is 2.30. The number of hydrogen-bond acceptors (Lipinski definition) is 5. The number of anilines is 1. The number of thiazole rings is 1. The molecular formula is C20H24ClN3O2S. The summed E-state index contributed by atoms with van der Waals surface area (Å²) in [5.74, 6) is 0.598. The van der Waals surface area contributed by atoms with E-state index in [-0.39, 0.29) is 24.9 Å². The zero-order valence-corrected chi connectivity index (χ0v) is 17.3. The highest BCUT2D eigenvalue weighted by Gasteiger charge is 2.21. The fourth-order valence-corrected chi connectivity index (χ4v) is 3.64. The van der Waals surface area contributed by atoms with E-state index in [1.54, 1.807) is 16.2 Å². The molecule has 27 heavy (non-hydrogen) atoms. The number of halogens is 1. The van der Waals surface area contributed by atoms with E-state index < -0.39 is 0 Å². The van der Waals surface area contributed by atoms with E-state index in [4.69, 9.17) is 9.72 Å². The van der Waals surface area contributed by atoms with Gasteiger partial charge >= 0.3 is 0 Å². The van der Waals surface area contributed by atoms with Crippen molar-refractivity contribution in [2.75, 3.05) is 38.7 Å². The molecule has 3 rings (SSSR count). The zero-order chi connectivity index (χ0) is 18.5. The quantitative estimate of drug-likeness (QED) is 0.596. The molecule has 0 N–H and O–H groups in total. The van der Waals surface area contributed by atoms with Crippen LogP contribution in [-0.4, -0.2) is 49.6 Å². The summed E-state index contributed by atoms with van der Waals surface area (Å²) in [4.78, 5) is 21.3. The van der Waals surface area contributed by atoms with Gasteiger partial charge in [0.1, 0.15) is 5.75 Å². The third kappa shape index (κ3) is 5.42. The van der Waals surface area contributed by atoms with Crippen molar-refractivity contribution in [1.29, 1.82) is 0 Å². The average molecular weight is 406 g/mol. The molecule has 0 radical (unpaired) electrons. The summed E-state index contributed by atoms with van der Waals surface area (Å²) in [6.45, 7) is 3.36. The minimum absolute atomic E-state index is 0. The molecule has 3 aromatic rings. The van der Waals surface area contributed by atoms with Gasteiger partial charge in [0, 0.05) is 13.1 Å². The number of hydrogen-bond donors (Lipinski definition) is 0. The van der Waals surface area contributed by atoms with Crippen LogP contribution >= 0.6 is 23.7 Å². The standard InChI is InChI=1S/C20H23N3O2S.ClH/c1-15-8-7-11-17-19(15)21-20(26-17)23(13-12-22(2)3)18(24)14-25-16-9-5-4-6-10-16;/h4-11H,12-14H2,1-3H3;1H. The minimum Gasteiger partial charge on any atom is -0.484 e. The number of nitrogens with zero attached hydrogens (tertiary/aromatic N) is 3. The summed E-state index contributed by atoms with van der Waals surface area (Å²) in [6.07, 6.45) is 0. The average Bonchev–Trinajstić information content (AvgIpc) is 3.06. The van der Waals surface area contributed by atoms with Gasteiger partial charge in [0.15, 0.2) is 11.7 Å². The fourth-order valence-electron chi connectivity index (χ4n) is 2.56. The van der Waals surface area contributed by atoms with Crippen LogP contribution in [0.4, 0.5) is 5.13 Å². The predicted molar refractivity (Wildman–Crippen MR) is 114 cm³/mol. The Morgan fingerprint density at radius 2 is 1.81 bits per heavy atom. The first-order valence-corrected chi connectivity index (χ1v) is 9.35. The molecule has 0 aliphatic rings. The predicted octanol–water partition coefficient (Wildman–Crippen LogP) is 4.00. The van der Waals surface area contributed by atoms with Gasteiger partial charge in [0.25, 0.3) is 5.91 Å². The Balaban J connectivity index is 0.00000261. The van der Waals surface area contributed by atoms with Crippen LogP contribution in [0.25, 0.3) is 10.2 Å². The number of aryl methyl sites for hydroxylation is 1.